The Bertz CT molecular complexity index is 1620. The van der Waals surface area contributed by atoms with Gasteiger partial charge in [0.05, 0.1) is 40.0 Å². The summed E-state index contributed by atoms with van der Waals surface area (Å²) in [6, 6.07) is 14.3. The first kappa shape index (κ1) is 28.1. The summed E-state index contributed by atoms with van der Waals surface area (Å²) in [5.74, 6) is 0.0237. The van der Waals surface area contributed by atoms with Crippen LogP contribution in [-0.2, 0) is 15.7 Å². The molecular formula is C27H21F3IN3O5. The molecule has 202 valence electrons. The number of halogens is 4. The first-order valence-electron chi connectivity index (χ1n) is 11.5. The summed E-state index contributed by atoms with van der Waals surface area (Å²) >= 11 is 2.00. The molecule has 8 nitrogen and oxygen atoms in total. The van der Waals surface area contributed by atoms with Crippen LogP contribution < -0.4 is 15.0 Å². The zero-order chi connectivity index (χ0) is 28.2. The second-order valence-corrected chi connectivity index (χ2v) is 9.18. The van der Waals surface area contributed by atoms with Crippen LogP contribution in [0.4, 0.5) is 13.2 Å². The number of methoxy groups -OCH3 is 1. The highest BCUT2D eigenvalue weighted by molar-refractivity contribution is 14.1. The lowest BCUT2D eigenvalue weighted by molar-refractivity contribution is -0.145. The SMILES string of the molecule is CCOC(=O)COc1c(I)cc(C=Nn2c(-c3cccc(C(F)(F)F)c3)nc3ccccc3c2=O)cc1OC. The fourth-order valence-corrected chi connectivity index (χ4v) is 4.45. The summed E-state index contributed by atoms with van der Waals surface area (Å²) < 4.78 is 57.6. The molecule has 0 N–H and O–H groups in total. The molecule has 0 radical (unpaired) electrons. The van der Waals surface area contributed by atoms with E-state index in [9.17, 15) is 22.8 Å². The van der Waals surface area contributed by atoms with Crippen LogP contribution in [-0.4, -0.2) is 42.2 Å². The molecule has 0 aliphatic rings. The van der Waals surface area contributed by atoms with E-state index in [1.165, 1.54) is 25.5 Å². The van der Waals surface area contributed by atoms with Crippen LogP contribution in [0.1, 0.15) is 18.1 Å². The highest BCUT2D eigenvalue weighted by atomic mass is 127. The minimum Gasteiger partial charge on any atom is -0.493 e. The number of hydrogen-bond acceptors (Lipinski definition) is 7. The van der Waals surface area contributed by atoms with Gasteiger partial charge in [-0.2, -0.15) is 22.9 Å². The lowest BCUT2D eigenvalue weighted by Gasteiger charge is -2.13. The van der Waals surface area contributed by atoms with Crippen molar-refractivity contribution in [1.82, 2.24) is 9.66 Å². The number of para-hydroxylation sites is 1. The molecule has 1 aromatic heterocycles. The van der Waals surface area contributed by atoms with Crippen LogP contribution in [0.5, 0.6) is 11.5 Å². The number of fused-ring (bicyclic) bond motifs is 1. The van der Waals surface area contributed by atoms with E-state index in [0.29, 0.717) is 26.1 Å². The van der Waals surface area contributed by atoms with Crippen molar-refractivity contribution in [2.75, 3.05) is 20.3 Å². The fourth-order valence-electron chi connectivity index (χ4n) is 3.66. The van der Waals surface area contributed by atoms with Gasteiger partial charge in [-0.3, -0.25) is 4.79 Å². The maximum atomic E-state index is 13.4. The van der Waals surface area contributed by atoms with E-state index in [4.69, 9.17) is 14.2 Å². The highest BCUT2D eigenvalue weighted by Crippen LogP contribution is 2.34. The number of esters is 1. The normalized spacial score (nSPS) is 11.6. The standard InChI is InChI=1S/C27H21F3IN3O5/c1-3-38-23(35)15-39-24-20(31)11-16(12-22(24)37-2)14-32-34-25(17-7-6-8-18(13-17)27(28,29)30)33-21-10-5-4-9-19(21)26(34)36/h4-14H,3,15H2,1-2H3. The maximum Gasteiger partial charge on any atom is 0.416 e. The van der Waals surface area contributed by atoms with Crippen molar-refractivity contribution in [3.8, 4) is 22.9 Å². The number of carbonyl (C=O) groups is 1. The van der Waals surface area contributed by atoms with Gasteiger partial charge in [-0.25, -0.2) is 9.78 Å². The molecule has 0 saturated heterocycles. The Hall–Kier alpha value is -3.94. The Labute approximate surface area is 234 Å². The molecule has 3 aromatic carbocycles. The van der Waals surface area contributed by atoms with Crippen molar-refractivity contribution in [2.24, 2.45) is 5.10 Å². The third kappa shape index (κ3) is 6.38. The molecule has 1 heterocycles. The van der Waals surface area contributed by atoms with Crippen molar-refractivity contribution in [3.05, 3.63) is 85.7 Å². The molecule has 0 unspecified atom stereocenters. The van der Waals surface area contributed by atoms with E-state index in [-0.39, 0.29) is 30.0 Å². The Morgan fingerprint density at radius 1 is 1.13 bits per heavy atom. The minimum atomic E-state index is -4.58. The van der Waals surface area contributed by atoms with Crippen molar-refractivity contribution >= 4 is 45.7 Å². The smallest absolute Gasteiger partial charge is 0.416 e. The van der Waals surface area contributed by atoms with Crippen LogP contribution in [0.15, 0.2) is 70.6 Å². The minimum absolute atomic E-state index is 0.0582. The summed E-state index contributed by atoms with van der Waals surface area (Å²) in [4.78, 5) is 29.5. The highest BCUT2D eigenvalue weighted by Gasteiger charge is 2.31. The average Bonchev–Trinajstić information content (AvgIpc) is 2.91. The molecular weight excluding hydrogens is 630 g/mol. The second kappa shape index (κ2) is 11.8. The molecule has 0 saturated carbocycles. The Balaban J connectivity index is 1.79. The van der Waals surface area contributed by atoms with Gasteiger partial charge in [0.15, 0.2) is 23.9 Å². The monoisotopic (exact) mass is 651 g/mol. The molecule has 0 fully saturated rings. The van der Waals surface area contributed by atoms with Crippen LogP contribution in [0.2, 0.25) is 0 Å². The van der Waals surface area contributed by atoms with Crippen molar-refractivity contribution in [1.29, 1.82) is 0 Å². The Kier molecular flexibility index (Phi) is 8.53. The molecule has 12 heteroatoms. The number of alkyl halides is 3. The largest absolute Gasteiger partial charge is 0.493 e. The van der Waals surface area contributed by atoms with E-state index in [0.717, 1.165) is 16.8 Å². The van der Waals surface area contributed by atoms with Crippen LogP contribution in [0.25, 0.3) is 22.3 Å². The zero-order valence-corrected chi connectivity index (χ0v) is 22.8. The summed E-state index contributed by atoms with van der Waals surface area (Å²) in [6.07, 6.45) is -3.22. The van der Waals surface area contributed by atoms with Crippen molar-refractivity contribution < 1.29 is 32.2 Å². The number of nitrogens with zero attached hydrogens (tertiary/aromatic N) is 3. The Morgan fingerprint density at radius 2 is 1.90 bits per heavy atom. The third-order valence-corrected chi connectivity index (χ3v) is 6.22. The lowest BCUT2D eigenvalue weighted by atomic mass is 10.1. The van der Waals surface area contributed by atoms with Gasteiger partial charge in [-0.1, -0.05) is 24.3 Å². The second-order valence-electron chi connectivity index (χ2n) is 8.02. The van der Waals surface area contributed by atoms with Gasteiger partial charge in [-0.15, -0.1) is 0 Å². The van der Waals surface area contributed by atoms with Gasteiger partial charge in [0, 0.05) is 5.56 Å². The van der Waals surface area contributed by atoms with Gasteiger partial charge in [0.25, 0.3) is 5.56 Å². The van der Waals surface area contributed by atoms with Gasteiger partial charge >= 0.3 is 12.1 Å². The number of rotatable bonds is 8. The number of hydrogen-bond donors (Lipinski definition) is 0. The van der Waals surface area contributed by atoms with Gasteiger partial charge < -0.3 is 14.2 Å². The predicted octanol–water partition coefficient (Wildman–Crippen LogP) is 5.52. The molecule has 39 heavy (non-hydrogen) atoms. The van der Waals surface area contributed by atoms with Crippen LogP contribution in [0.3, 0.4) is 0 Å². The quantitative estimate of drug-likeness (QED) is 0.142. The molecule has 0 atom stereocenters. The average molecular weight is 651 g/mol. The summed E-state index contributed by atoms with van der Waals surface area (Å²) in [5, 5.41) is 4.55. The van der Waals surface area contributed by atoms with E-state index in [1.807, 2.05) is 22.6 Å². The topological polar surface area (TPSA) is 92.0 Å². The van der Waals surface area contributed by atoms with Crippen molar-refractivity contribution in [2.45, 2.75) is 13.1 Å². The number of carbonyl (C=O) groups excluding carboxylic acids is 1. The molecule has 0 aliphatic heterocycles. The summed E-state index contributed by atoms with van der Waals surface area (Å²) in [6.45, 7) is 1.59. The molecule has 0 bridgehead atoms. The number of aromatic nitrogens is 2. The molecule has 0 spiro atoms. The Morgan fingerprint density at radius 3 is 2.62 bits per heavy atom. The first-order valence-corrected chi connectivity index (χ1v) is 12.6. The number of ether oxygens (including phenoxy) is 3. The zero-order valence-electron chi connectivity index (χ0n) is 20.7. The molecule has 4 rings (SSSR count). The third-order valence-electron chi connectivity index (χ3n) is 5.42. The van der Waals surface area contributed by atoms with E-state index in [1.54, 1.807) is 43.3 Å². The van der Waals surface area contributed by atoms with Crippen molar-refractivity contribution in [3.63, 3.8) is 0 Å². The van der Waals surface area contributed by atoms with Crippen LogP contribution in [0, 0.1) is 3.57 Å². The first-order chi connectivity index (χ1) is 18.6. The van der Waals surface area contributed by atoms with E-state index >= 15 is 0 Å². The van der Waals surface area contributed by atoms with Gasteiger partial charge in [0.2, 0.25) is 0 Å². The molecule has 4 aromatic rings. The summed E-state index contributed by atoms with van der Waals surface area (Å²) in [5.41, 5.74) is -0.550. The molecule has 0 amide bonds. The van der Waals surface area contributed by atoms with E-state index in [2.05, 4.69) is 10.1 Å². The lowest BCUT2D eigenvalue weighted by Crippen LogP contribution is -2.20. The van der Waals surface area contributed by atoms with Crippen LogP contribution >= 0.6 is 22.6 Å². The van der Waals surface area contributed by atoms with Gasteiger partial charge in [0.1, 0.15) is 0 Å². The van der Waals surface area contributed by atoms with E-state index < -0.39 is 23.3 Å². The summed E-state index contributed by atoms with van der Waals surface area (Å²) in [7, 11) is 1.42. The van der Waals surface area contributed by atoms with Gasteiger partial charge in [-0.05, 0) is 71.5 Å². The fraction of sp³-hybridized carbons (Fsp3) is 0.185. The number of benzene rings is 3. The molecule has 0 aliphatic carbocycles. The predicted molar refractivity (Wildman–Crippen MR) is 147 cm³/mol. The maximum absolute atomic E-state index is 13.4.